The highest BCUT2D eigenvalue weighted by atomic mass is 35.5. The molecule has 2 aromatic heterocycles. The smallest absolute Gasteiger partial charge is 0.261 e. The zero-order chi connectivity index (χ0) is 22.9. The predicted octanol–water partition coefficient (Wildman–Crippen LogP) is 3.48. The van der Waals surface area contributed by atoms with Crippen LogP contribution in [0.4, 0.5) is 5.82 Å². The molecule has 0 fully saturated rings. The Morgan fingerprint density at radius 3 is 2.48 bits per heavy atom. The molecular weight excluding hydrogens is 442 g/mol. The number of H-pyrrole nitrogens is 1. The van der Waals surface area contributed by atoms with Crippen LogP contribution in [-0.4, -0.2) is 31.1 Å². The number of amides is 1. The maximum atomic E-state index is 13.2. The lowest BCUT2D eigenvalue weighted by atomic mass is 9.92. The highest BCUT2D eigenvalue weighted by Gasteiger charge is 2.19. The van der Waals surface area contributed by atoms with Gasteiger partial charge < -0.3 is 10.8 Å². The number of fused-ring (bicyclic) bond motifs is 1. The van der Waals surface area contributed by atoms with Crippen molar-refractivity contribution in [1.82, 2.24) is 19.7 Å². The van der Waals surface area contributed by atoms with E-state index >= 15 is 0 Å². The third kappa shape index (κ3) is 5.47. The Bertz CT molecular complexity index is 1340. The Hall–Kier alpha value is -3.49. The van der Waals surface area contributed by atoms with Crippen LogP contribution >= 0.6 is 11.6 Å². The molecule has 0 atom stereocenters. The first-order valence-corrected chi connectivity index (χ1v) is 10.7. The normalized spacial score (nSPS) is 11.3. The lowest BCUT2D eigenvalue weighted by Gasteiger charge is -2.14. The van der Waals surface area contributed by atoms with Crippen LogP contribution in [0.2, 0.25) is 5.02 Å². The van der Waals surface area contributed by atoms with Gasteiger partial charge in [0.1, 0.15) is 12.4 Å². The fourth-order valence-corrected chi connectivity index (χ4v) is 3.52. The van der Waals surface area contributed by atoms with Crippen molar-refractivity contribution in [3.05, 3.63) is 87.1 Å². The minimum atomic E-state index is -0.353. The molecule has 0 saturated carbocycles. The number of halogens is 1. The summed E-state index contributed by atoms with van der Waals surface area (Å²) in [6, 6.07) is 16.3. The highest BCUT2D eigenvalue weighted by molar-refractivity contribution is 6.30. The molecule has 172 valence electrons. The van der Waals surface area contributed by atoms with Gasteiger partial charge in [0.2, 0.25) is 5.91 Å². The number of hydrogen-bond donors (Lipinski definition) is 2. The Balaban J connectivity index is 0.00000306. The molecule has 9 heteroatoms. The second kappa shape index (κ2) is 9.56. The van der Waals surface area contributed by atoms with E-state index in [1.54, 1.807) is 36.4 Å². The van der Waals surface area contributed by atoms with Crippen LogP contribution in [0.3, 0.4) is 0 Å². The van der Waals surface area contributed by atoms with E-state index in [1.165, 1.54) is 4.57 Å². The Labute approximate surface area is 195 Å². The maximum Gasteiger partial charge on any atom is 0.261 e. The molecule has 2 aromatic carbocycles. The van der Waals surface area contributed by atoms with Crippen LogP contribution in [0.15, 0.2) is 59.4 Å². The van der Waals surface area contributed by atoms with Crippen molar-refractivity contribution in [3.63, 3.8) is 0 Å². The van der Waals surface area contributed by atoms with Crippen molar-refractivity contribution >= 4 is 34.2 Å². The first kappa shape index (κ1) is 24.2. The van der Waals surface area contributed by atoms with Crippen molar-refractivity contribution in [1.29, 1.82) is 0 Å². The number of rotatable bonds is 5. The van der Waals surface area contributed by atoms with Crippen LogP contribution in [-0.2, 0) is 23.2 Å². The summed E-state index contributed by atoms with van der Waals surface area (Å²) in [7, 11) is 0. The van der Waals surface area contributed by atoms with E-state index < -0.39 is 0 Å². The van der Waals surface area contributed by atoms with Gasteiger partial charge in [-0.1, -0.05) is 56.6 Å². The van der Waals surface area contributed by atoms with Gasteiger partial charge in [0.25, 0.3) is 5.56 Å². The Morgan fingerprint density at radius 2 is 1.82 bits per heavy atom. The zero-order valence-corrected chi connectivity index (χ0v) is 19.4. The van der Waals surface area contributed by atoms with Crippen molar-refractivity contribution in [2.45, 2.75) is 39.2 Å². The summed E-state index contributed by atoms with van der Waals surface area (Å²) >= 11 is 5.99. The molecule has 33 heavy (non-hydrogen) atoms. The van der Waals surface area contributed by atoms with Crippen molar-refractivity contribution in [2.24, 2.45) is 0 Å². The molecule has 0 aliphatic heterocycles. The number of hydrogen-bond acceptors (Lipinski definition) is 4. The monoisotopic (exact) mass is 467 g/mol. The molecule has 1 amide bonds. The number of aromatic nitrogens is 4. The first-order valence-electron chi connectivity index (χ1n) is 10.3. The summed E-state index contributed by atoms with van der Waals surface area (Å²) in [6.45, 7) is 5.98. The number of carbonyl (C=O) groups is 1. The van der Waals surface area contributed by atoms with Gasteiger partial charge in [-0.25, -0.2) is 4.98 Å². The van der Waals surface area contributed by atoms with E-state index in [-0.39, 0.29) is 28.9 Å². The van der Waals surface area contributed by atoms with Crippen LogP contribution in [0.1, 0.15) is 37.9 Å². The fourth-order valence-electron chi connectivity index (χ4n) is 3.39. The molecule has 2 heterocycles. The summed E-state index contributed by atoms with van der Waals surface area (Å²) in [4.78, 5) is 30.7. The number of benzene rings is 2. The third-order valence-corrected chi connectivity index (χ3v) is 5.42. The third-order valence-electron chi connectivity index (χ3n) is 5.17. The molecule has 0 aliphatic rings. The SMILES string of the molecule is CC(C)(C)c1cc(NC(=O)Cn2c(Cc3ccc(Cl)cc3)nc3ccccc3c2=O)n[nH]1.O. The number of anilines is 1. The standard InChI is InChI=1S/C24H24ClN5O2.H2O/c1-24(2,3)19-13-20(29-28-19)27-22(31)14-30-21(12-15-8-10-16(25)11-9-15)26-18-7-5-4-6-17(18)23(30)32;/h4-11,13H,12,14H2,1-3H3,(H2,27,28,29,31);1H2. The number of nitrogens with one attached hydrogen (secondary N) is 2. The quantitative estimate of drug-likeness (QED) is 0.466. The van der Waals surface area contributed by atoms with Gasteiger partial charge in [0, 0.05) is 28.6 Å². The van der Waals surface area contributed by atoms with Crippen LogP contribution in [0, 0.1) is 0 Å². The van der Waals surface area contributed by atoms with Gasteiger partial charge in [0.05, 0.1) is 10.9 Å². The van der Waals surface area contributed by atoms with E-state index in [0.717, 1.165) is 11.3 Å². The highest BCUT2D eigenvalue weighted by Crippen LogP contribution is 2.22. The van der Waals surface area contributed by atoms with Gasteiger partial charge in [0.15, 0.2) is 5.82 Å². The lowest BCUT2D eigenvalue weighted by Crippen LogP contribution is -2.31. The molecule has 8 nitrogen and oxygen atoms in total. The van der Waals surface area contributed by atoms with Crippen molar-refractivity contribution in [3.8, 4) is 0 Å². The van der Waals surface area contributed by atoms with E-state index in [0.29, 0.717) is 34.0 Å². The first-order chi connectivity index (χ1) is 15.2. The minimum absolute atomic E-state index is 0. The van der Waals surface area contributed by atoms with E-state index in [1.807, 2.05) is 18.2 Å². The molecule has 0 saturated heterocycles. The average molecular weight is 468 g/mol. The van der Waals surface area contributed by atoms with Gasteiger partial charge >= 0.3 is 0 Å². The van der Waals surface area contributed by atoms with E-state index in [9.17, 15) is 9.59 Å². The van der Waals surface area contributed by atoms with Crippen LogP contribution in [0.25, 0.3) is 10.9 Å². The van der Waals surface area contributed by atoms with Gasteiger partial charge in [-0.15, -0.1) is 0 Å². The Morgan fingerprint density at radius 1 is 1.12 bits per heavy atom. The number of para-hydroxylation sites is 1. The molecule has 4 aromatic rings. The summed E-state index contributed by atoms with van der Waals surface area (Å²) in [5.41, 5.74) is 2.06. The van der Waals surface area contributed by atoms with Gasteiger partial charge in [-0.05, 0) is 29.8 Å². The average Bonchev–Trinajstić information content (AvgIpc) is 3.21. The van der Waals surface area contributed by atoms with Crippen LogP contribution < -0.4 is 10.9 Å². The number of carbonyl (C=O) groups excluding carboxylic acids is 1. The summed E-state index contributed by atoms with van der Waals surface area (Å²) < 4.78 is 1.42. The van der Waals surface area contributed by atoms with Crippen LogP contribution in [0.5, 0.6) is 0 Å². The van der Waals surface area contributed by atoms with Gasteiger partial charge in [-0.2, -0.15) is 5.10 Å². The molecule has 4 rings (SSSR count). The van der Waals surface area contributed by atoms with Crippen molar-refractivity contribution in [2.75, 3.05) is 5.32 Å². The fraction of sp³-hybridized carbons (Fsp3) is 0.250. The second-order valence-electron chi connectivity index (χ2n) is 8.70. The largest absolute Gasteiger partial charge is 0.412 e. The molecule has 4 N–H and O–H groups in total. The zero-order valence-electron chi connectivity index (χ0n) is 18.6. The number of nitrogens with zero attached hydrogens (tertiary/aromatic N) is 3. The predicted molar refractivity (Wildman–Crippen MR) is 130 cm³/mol. The van der Waals surface area contributed by atoms with Crippen molar-refractivity contribution < 1.29 is 10.3 Å². The molecule has 0 spiro atoms. The van der Waals surface area contributed by atoms with E-state index in [4.69, 9.17) is 11.6 Å². The molecule has 0 radical (unpaired) electrons. The number of aromatic amines is 1. The van der Waals surface area contributed by atoms with Gasteiger partial charge in [-0.3, -0.25) is 19.3 Å². The molecular formula is C24H26ClN5O3. The van der Waals surface area contributed by atoms with E-state index in [2.05, 4.69) is 41.3 Å². The lowest BCUT2D eigenvalue weighted by molar-refractivity contribution is -0.116. The molecule has 0 aliphatic carbocycles. The maximum absolute atomic E-state index is 13.2. The second-order valence-corrected chi connectivity index (χ2v) is 9.14. The topological polar surface area (TPSA) is 124 Å². The summed E-state index contributed by atoms with van der Waals surface area (Å²) in [6.07, 6.45) is 0.390. The summed E-state index contributed by atoms with van der Waals surface area (Å²) in [5.74, 6) is 0.568. The summed E-state index contributed by atoms with van der Waals surface area (Å²) in [5, 5.41) is 11.0. The molecule has 0 bridgehead atoms. The Kier molecular flexibility index (Phi) is 7.00. The minimum Gasteiger partial charge on any atom is -0.412 e. The molecule has 0 unspecified atom stereocenters.